The molecule has 5 aromatic rings. The van der Waals surface area contributed by atoms with Gasteiger partial charge in [-0.15, -0.1) is 11.3 Å². The number of halogens is 2. The van der Waals surface area contributed by atoms with E-state index in [9.17, 15) is 27.9 Å². The summed E-state index contributed by atoms with van der Waals surface area (Å²) in [5, 5.41) is 23.7. The number of carbonyl (C=O) groups is 3. The number of nitrogens with zero attached hydrogens (tertiary/aromatic N) is 8. The number of amides is 3. The van der Waals surface area contributed by atoms with Crippen LogP contribution in [0.25, 0.3) is 10.4 Å². The van der Waals surface area contributed by atoms with Crippen LogP contribution in [-0.2, 0) is 31.0 Å². The Bertz CT molecular complexity index is 2910. The molecule has 0 radical (unpaired) electrons. The van der Waals surface area contributed by atoms with E-state index >= 15 is 0 Å². The van der Waals surface area contributed by atoms with Crippen molar-refractivity contribution in [3.05, 3.63) is 99.7 Å². The third-order valence-corrected chi connectivity index (χ3v) is 16.7. The van der Waals surface area contributed by atoms with Crippen LogP contribution in [0.2, 0.25) is 10.0 Å². The van der Waals surface area contributed by atoms with Crippen molar-refractivity contribution >= 4 is 96.8 Å². The molecule has 3 aliphatic heterocycles. The van der Waals surface area contributed by atoms with Crippen LogP contribution in [0, 0.1) is 18.3 Å². The fraction of sp³-hybridized carbons (Fsp3) is 0.462. The number of nitrogens with one attached hydrogen (secondary N) is 4. The van der Waals surface area contributed by atoms with E-state index in [1.165, 1.54) is 22.4 Å². The lowest BCUT2D eigenvalue weighted by Gasteiger charge is -2.40. The first-order valence-electron chi connectivity index (χ1n) is 24.8. The van der Waals surface area contributed by atoms with E-state index in [4.69, 9.17) is 23.2 Å². The molecule has 0 bridgehead atoms. The van der Waals surface area contributed by atoms with Crippen LogP contribution >= 0.6 is 34.5 Å². The molecule has 3 fully saturated rings. The summed E-state index contributed by atoms with van der Waals surface area (Å²) in [5.41, 5.74) is 6.65. The predicted molar refractivity (Wildman–Crippen MR) is 294 cm³/mol. The molecule has 22 heteroatoms. The van der Waals surface area contributed by atoms with Gasteiger partial charge in [0.15, 0.2) is 5.82 Å². The van der Waals surface area contributed by atoms with Gasteiger partial charge in [0.2, 0.25) is 33.7 Å². The molecule has 396 valence electrons. The predicted octanol–water partition coefficient (Wildman–Crippen LogP) is 6.74. The van der Waals surface area contributed by atoms with Gasteiger partial charge in [-0.1, -0.05) is 80.4 Å². The Morgan fingerprint density at radius 2 is 1.62 bits per heavy atom. The minimum absolute atomic E-state index is 0.0164. The molecule has 0 unspecified atom stereocenters. The van der Waals surface area contributed by atoms with Gasteiger partial charge in [-0.05, 0) is 85.6 Å². The standard InChI is InChI=1S/C52H66Cl2N12O6S2/c1-33-46(73-32-57-33)36-13-11-34(12-14-36)27-55-49(69)44-26-38(67)30-66(44)50(70)47(52(2,3)4)60-45(68)31-63-19-17-35(18-20-63)29-64-21-23-65(24-22-64)37-15-16-41(39(53)25-37)59-51-56-28-40(54)48(61-51)58-42-9-7-8-10-43(42)62(5)74(6,71)72/h7-16,25,28,32,35,38,44,47,67H,17-24,26-27,29-31H2,1-6H3,(H,55,69)(H,60,68)(H2,56,58,59,61)/t38-,44+,47-/m1/s1. The van der Waals surface area contributed by atoms with Crippen molar-refractivity contribution in [2.24, 2.45) is 11.3 Å². The van der Waals surface area contributed by atoms with E-state index in [-0.39, 0.29) is 60.6 Å². The molecule has 0 saturated carbocycles. The highest BCUT2D eigenvalue weighted by atomic mass is 35.5. The van der Waals surface area contributed by atoms with Gasteiger partial charge in [0.25, 0.3) is 0 Å². The first-order chi connectivity index (χ1) is 35.2. The highest BCUT2D eigenvalue weighted by molar-refractivity contribution is 7.92. The summed E-state index contributed by atoms with van der Waals surface area (Å²) in [6.45, 7) is 14.1. The third kappa shape index (κ3) is 13.6. The number of hydrogen-bond acceptors (Lipinski definition) is 15. The molecule has 0 aliphatic carbocycles. The van der Waals surface area contributed by atoms with Crippen molar-refractivity contribution < 1.29 is 27.9 Å². The van der Waals surface area contributed by atoms with Crippen molar-refractivity contribution in [3.8, 4) is 10.4 Å². The lowest BCUT2D eigenvalue weighted by atomic mass is 9.85. The quantitative estimate of drug-likeness (QED) is 0.0654. The Hall–Kier alpha value is -5.61. The molecule has 3 saturated heterocycles. The molecule has 3 aliphatic rings. The summed E-state index contributed by atoms with van der Waals surface area (Å²) >= 11 is 14.9. The van der Waals surface area contributed by atoms with Crippen molar-refractivity contribution in [2.45, 2.75) is 71.7 Å². The van der Waals surface area contributed by atoms with E-state index in [0.29, 0.717) is 28.0 Å². The van der Waals surface area contributed by atoms with Crippen molar-refractivity contribution in [1.29, 1.82) is 0 Å². The normalized spacial score (nSPS) is 18.5. The Morgan fingerprint density at radius 3 is 2.28 bits per heavy atom. The van der Waals surface area contributed by atoms with E-state index in [1.807, 2.05) is 75.7 Å². The number of piperidine rings is 1. The second-order valence-electron chi connectivity index (χ2n) is 20.5. The number of benzene rings is 3. The zero-order chi connectivity index (χ0) is 52.9. The first-order valence-corrected chi connectivity index (χ1v) is 28.3. The molecule has 18 nitrogen and oxygen atoms in total. The molecule has 8 rings (SSSR count). The number of piperazine rings is 1. The Kier molecular flexibility index (Phi) is 17.4. The number of thiazole rings is 1. The maximum atomic E-state index is 14.2. The molecule has 2 aromatic heterocycles. The lowest BCUT2D eigenvalue weighted by Crippen LogP contribution is -2.59. The minimum atomic E-state index is -3.52. The van der Waals surface area contributed by atoms with E-state index in [0.717, 1.165) is 92.3 Å². The van der Waals surface area contributed by atoms with E-state index < -0.39 is 33.6 Å². The highest BCUT2D eigenvalue weighted by Crippen LogP contribution is 2.35. The zero-order valence-electron chi connectivity index (χ0n) is 42.6. The average molecular weight is 1090 g/mol. The number of aliphatic hydroxyl groups excluding tert-OH is 1. The highest BCUT2D eigenvalue weighted by Gasteiger charge is 2.44. The van der Waals surface area contributed by atoms with Gasteiger partial charge in [-0.2, -0.15) is 4.98 Å². The van der Waals surface area contributed by atoms with Gasteiger partial charge < -0.3 is 36.2 Å². The summed E-state index contributed by atoms with van der Waals surface area (Å²) in [6, 6.07) is 19.0. The number of rotatable bonds is 17. The molecular formula is C52H66Cl2N12O6S2. The molecule has 3 amide bonds. The van der Waals surface area contributed by atoms with Crippen molar-refractivity contribution in [1.82, 2.24) is 40.3 Å². The number of aromatic nitrogens is 3. The molecule has 3 aromatic carbocycles. The van der Waals surface area contributed by atoms with Crippen LogP contribution in [-0.4, -0.2) is 151 Å². The molecule has 5 N–H and O–H groups in total. The summed E-state index contributed by atoms with van der Waals surface area (Å²) in [6.07, 6.45) is 3.78. The number of carbonyl (C=O) groups excluding carboxylic acids is 3. The van der Waals surface area contributed by atoms with Crippen LogP contribution in [0.3, 0.4) is 0 Å². The van der Waals surface area contributed by atoms with Crippen molar-refractivity contribution in [3.63, 3.8) is 0 Å². The summed E-state index contributed by atoms with van der Waals surface area (Å²) < 4.78 is 25.7. The maximum absolute atomic E-state index is 14.2. The largest absolute Gasteiger partial charge is 0.391 e. The smallest absolute Gasteiger partial charge is 0.246 e. The number of aliphatic hydroxyl groups is 1. The van der Waals surface area contributed by atoms with Gasteiger partial charge in [-0.25, -0.2) is 18.4 Å². The second kappa shape index (κ2) is 23.5. The number of likely N-dealkylation sites (tertiary alicyclic amines) is 2. The van der Waals surface area contributed by atoms with Crippen LogP contribution in [0.1, 0.15) is 51.3 Å². The SMILES string of the molecule is Cc1ncsc1-c1ccc(CNC(=O)[C@@H]2C[C@@H](O)CN2C(=O)[C@@H](NC(=O)CN2CCC(CN3CCN(c4ccc(Nc5ncc(Cl)c(Nc6ccccc6N(C)S(C)(=O)=O)n5)c(Cl)c4)CC3)CC2)C(C)(C)C)cc1. The minimum Gasteiger partial charge on any atom is -0.391 e. The zero-order valence-corrected chi connectivity index (χ0v) is 45.8. The lowest BCUT2D eigenvalue weighted by molar-refractivity contribution is -0.144. The average Bonchev–Trinajstić information content (AvgIpc) is 3.99. The van der Waals surface area contributed by atoms with Crippen LogP contribution in [0.5, 0.6) is 0 Å². The number of hydrogen-bond donors (Lipinski definition) is 5. The van der Waals surface area contributed by atoms with Crippen LogP contribution in [0.15, 0.2) is 78.4 Å². The van der Waals surface area contributed by atoms with Gasteiger partial charge in [0.05, 0.1) is 63.3 Å². The fourth-order valence-corrected chi connectivity index (χ4v) is 11.4. The Morgan fingerprint density at radius 1 is 0.905 bits per heavy atom. The number of aryl methyl sites for hydroxylation is 1. The number of anilines is 6. The molecule has 0 spiro atoms. The summed E-state index contributed by atoms with van der Waals surface area (Å²) in [5.74, 6) is 0.0735. The van der Waals surface area contributed by atoms with Gasteiger partial charge in [0.1, 0.15) is 17.1 Å². The second-order valence-corrected chi connectivity index (χ2v) is 24.2. The van der Waals surface area contributed by atoms with Gasteiger partial charge in [-0.3, -0.25) is 28.5 Å². The Balaban J connectivity index is 0.772. The molecule has 3 atom stereocenters. The number of sulfonamides is 1. The van der Waals surface area contributed by atoms with E-state index in [1.54, 1.807) is 35.6 Å². The molecule has 5 heterocycles. The van der Waals surface area contributed by atoms with Crippen LogP contribution < -0.4 is 30.5 Å². The fourth-order valence-electron chi connectivity index (χ4n) is 9.67. The summed E-state index contributed by atoms with van der Waals surface area (Å²) in [4.78, 5) is 64.2. The van der Waals surface area contributed by atoms with Gasteiger partial charge >= 0.3 is 0 Å². The van der Waals surface area contributed by atoms with Crippen molar-refractivity contribution in [2.75, 3.05) is 92.0 Å². The number of para-hydroxylation sites is 2. The monoisotopic (exact) mass is 1090 g/mol. The topological polar surface area (TPSA) is 209 Å². The Labute approximate surface area is 447 Å². The first kappa shape index (κ1) is 54.6. The van der Waals surface area contributed by atoms with E-state index in [2.05, 4.69) is 50.9 Å². The third-order valence-electron chi connectivity index (χ3n) is 14.0. The maximum Gasteiger partial charge on any atom is 0.246 e. The molecular weight excluding hydrogens is 1020 g/mol. The van der Waals surface area contributed by atoms with Crippen LogP contribution in [0.4, 0.5) is 34.5 Å². The van der Waals surface area contributed by atoms with Gasteiger partial charge in [0, 0.05) is 65.0 Å². The molecule has 74 heavy (non-hydrogen) atoms. The summed E-state index contributed by atoms with van der Waals surface area (Å²) in [7, 11) is -2.04. The number of β-amino-alcohol motifs (C(OH)–C–C–N with tert-alkyl or cyclic N) is 1.